The fraction of sp³-hybridized carbons (Fsp3) is 0.0833. The Hall–Kier alpha value is -3.99. The summed E-state index contributed by atoms with van der Waals surface area (Å²) in [7, 11) is -4.52. The second-order valence-corrected chi connectivity index (χ2v) is 9.13. The van der Waals surface area contributed by atoms with E-state index in [1.165, 1.54) is 27.8 Å². The largest absolute Gasteiger partial charge is 0.392 e. The Labute approximate surface area is 195 Å². The monoisotopic (exact) mass is 474 g/mol. The second kappa shape index (κ2) is 8.41. The summed E-state index contributed by atoms with van der Waals surface area (Å²) >= 11 is 0. The van der Waals surface area contributed by atoms with Crippen LogP contribution in [-0.4, -0.2) is 38.1 Å². The number of aliphatic hydroxyl groups excluding tert-OH is 1. The first-order valence-corrected chi connectivity index (χ1v) is 11.8. The van der Waals surface area contributed by atoms with Gasteiger partial charge in [0.15, 0.2) is 5.69 Å². The van der Waals surface area contributed by atoms with E-state index in [2.05, 4.69) is 15.2 Å². The van der Waals surface area contributed by atoms with Crippen LogP contribution in [0.2, 0.25) is 0 Å². The van der Waals surface area contributed by atoms with Gasteiger partial charge in [-0.05, 0) is 58.6 Å². The maximum absolute atomic E-state index is 12.0. The van der Waals surface area contributed by atoms with Crippen LogP contribution in [0.25, 0.3) is 33.5 Å². The number of hydrogen-bond donors (Lipinski definition) is 2. The van der Waals surface area contributed by atoms with Gasteiger partial charge < -0.3 is 5.11 Å². The van der Waals surface area contributed by atoms with Crippen molar-refractivity contribution in [2.45, 2.75) is 18.4 Å². The number of rotatable bonds is 5. The number of benzene rings is 3. The third-order valence-corrected chi connectivity index (χ3v) is 6.37. The Bertz CT molecular complexity index is 1640. The first-order valence-electron chi connectivity index (χ1n) is 10.4. The molecular weight excluding hydrogens is 454 g/mol. The van der Waals surface area contributed by atoms with Crippen molar-refractivity contribution in [3.05, 3.63) is 90.3 Å². The van der Waals surface area contributed by atoms with E-state index >= 15 is 0 Å². The van der Waals surface area contributed by atoms with Crippen LogP contribution < -0.4 is 4.80 Å². The fourth-order valence-corrected chi connectivity index (χ4v) is 4.58. The zero-order valence-electron chi connectivity index (χ0n) is 18.1. The summed E-state index contributed by atoms with van der Waals surface area (Å²) in [5.41, 5.74) is 2.95. The zero-order valence-corrected chi connectivity index (χ0v) is 18.9. The van der Waals surface area contributed by atoms with Gasteiger partial charge in [0.2, 0.25) is 0 Å². The highest BCUT2D eigenvalue weighted by Crippen LogP contribution is 2.26. The Morgan fingerprint density at radius 3 is 2.65 bits per heavy atom. The van der Waals surface area contributed by atoms with Crippen molar-refractivity contribution in [1.29, 1.82) is 0 Å². The molecule has 0 aliphatic carbocycles. The molecule has 0 radical (unpaired) electrons. The molecular formula is C24H20N5O4S+. The van der Waals surface area contributed by atoms with Crippen molar-refractivity contribution in [2.75, 3.05) is 0 Å². The van der Waals surface area contributed by atoms with Gasteiger partial charge in [-0.2, -0.15) is 8.42 Å². The molecule has 9 nitrogen and oxygen atoms in total. The molecule has 2 heterocycles. The number of nitrogens with zero attached hydrogens (tertiary/aromatic N) is 5. The lowest BCUT2D eigenvalue weighted by atomic mass is 10.1. The van der Waals surface area contributed by atoms with E-state index in [1.54, 1.807) is 18.5 Å². The molecule has 0 spiro atoms. The molecule has 0 amide bonds. The molecule has 0 saturated carbocycles. The van der Waals surface area contributed by atoms with Crippen LogP contribution in [0.1, 0.15) is 11.1 Å². The number of pyridine rings is 1. The SMILES string of the molecule is Cc1ccc(-[n+]2nc(-c3ccccc3S(=O)(=O)O)nn2-c2cccc3ccncc23)c(CO)c1. The van der Waals surface area contributed by atoms with E-state index in [9.17, 15) is 18.1 Å². The molecule has 0 saturated heterocycles. The van der Waals surface area contributed by atoms with Crippen molar-refractivity contribution in [2.24, 2.45) is 0 Å². The van der Waals surface area contributed by atoms with E-state index in [0.29, 0.717) is 16.9 Å². The molecule has 0 bridgehead atoms. The minimum absolute atomic E-state index is 0.0820. The Kier molecular flexibility index (Phi) is 5.40. The Morgan fingerprint density at radius 2 is 1.85 bits per heavy atom. The summed E-state index contributed by atoms with van der Waals surface area (Å²) in [4.78, 5) is 6.97. The van der Waals surface area contributed by atoms with E-state index < -0.39 is 10.1 Å². The molecule has 10 heteroatoms. The van der Waals surface area contributed by atoms with Crippen LogP contribution in [0.3, 0.4) is 0 Å². The van der Waals surface area contributed by atoms with Crippen LogP contribution in [0.5, 0.6) is 0 Å². The summed E-state index contributed by atoms with van der Waals surface area (Å²) in [6.07, 6.45) is 3.41. The van der Waals surface area contributed by atoms with Crippen molar-refractivity contribution < 1.29 is 22.9 Å². The van der Waals surface area contributed by atoms with Crippen LogP contribution in [0.4, 0.5) is 0 Å². The Balaban J connectivity index is 1.85. The summed E-state index contributed by atoms with van der Waals surface area (Å²) in [6, 6.07) is 19.1. The van der Waals surface area contributed by atoms with Gasteiger partial charge in [0.05, 0.1) is 17.3 Å². The third-order valence-electron chi connectivity index (χ3n) is 5.46. The number of fused-ring (bicyclic) bond motifs is 1. The van der Waals surface area contributed by atoms with Gasteiger partial charge in [0, 0.05) is 28.1 Å². The van der Waals surface area contributed by atoms with Crippen molar-refractivity contribution in [1.82, 2.24) is 20.0 Å². The average Bonchev–Trinajstić information content (AvgIpc) is 3.28. The predicted octanol–water partition coefficient (Wildman–Crippen LogP) is 2.81. The second-order valence-electron chi connectivity index (χ2n) is 7.74. The summed E-state index contributed by atoms with van der Waals surface area (Å²) in [5, 5.41) is 21.0. The van der Waals surface area contributed by atoms with E-state index in [0.717, 1.165) is 16.3 Å². The van der Waals surface area contributed by atoms with E-state index in [-0.39, 0.29) is 22.9 Å². The molecule has 34 heavy (non-hydrogen) atoms. The molecule has 0 aliphatic rings. The molecule has 3 aromatic carbocycles. The number of aliphatic hydroxyl groups is 1. The number of aryl methyl sites for hydroxylation is 1. The van der Waals surface area contributed by atoms with Gasteiger partial charge in [-0.15, -0.1) is 0 Å². The van der Waals surface area contributed by atoms with E-state index in [4.69, 9.17) is 0 Å². The fourth-order valence-electron chi connectivity index (χ4n) is 3.89. The molecule has 0 atom stereocenters. The Morgan fingerprint density at radius 1 is 1.03 bits per heavy atom. The van der Waals surface area contributed by atoms with Gasteiger partial charge in [-0.3, -0.25) is 9.54 Å². The molecule has 0 fully saturated rings. The molecule has 0 unspecified atom stereocenters. The summed E-state index contributed by atoms with van der Waals surface area (Å²) < 4.78 is 33.8. The number of tetrazole rings is 1. The van der Waals surface area contributed by atoms with Gasteiger partial charge in [-0.1, -0.05) is 35.9 Å². The zero-order chi connectivity index (χ0) is 23.9. The summed E-state index contributed by atoms with van der Waals surface area (Å²) in [6.45, 7) is 1.69. The van der Waals surface area contributed by atoms with Crippen molar-refractivity contribution in [3.63, 3.8) is 0 Å². The third kappa shape index (κ3) is 3.83. The molecule has 5 rings (SSSR count). The first-order chi connectivity index (χ1) is 16.4. The highest BCUT2D eigenvalue weighted by atomic mass is 32.2. The van der Waals surface area contributed by atoms with Crippen LogP contribution in [0.15, 0.2) is 84.0 Å². The van der Waals surface area contributed by atoms with Gasteiger partial charge in [0.1, 0.15) is 10.6 Å². The predicted molar refractivity (Wildman–Crippen MR) is 124 cm³/mol. The quantitative estimate of drug-likeness (QED) is 0.297. The van der Waals surface area contributed by atoms with E-state index in [1.807, 2.05) is 49.4 Å². The molecule has 2 N–H and O–H groups in total. The minimum atomic E-state index is -4.52. The van der Waals surface area contributed by atoms with Crippen LogP contribution in [0, 0.1) is 6.92 Å². The molecule has 170 valence electrons. The van der Waals surface area contributed by atoms with Gasteiger partial charge >= 0.3 is 5.82 Å². The highest BCUT2D eigenvalue weighted by molar-refractivity contribution is 7.86. The molecule has 0 aliphatic heterocycles. The van der Waals surface area contributed by atoms with Crippen molar-refractivity contribution in [3.8, 4) is 22.8 Å². The van der Waals surface area contributed by atoms with Crippen LogP contribution in [-0.2, 0) is 16.7 Å². The normalized spacial score (nSPS) is 11.7. The van der Waals surface area contributed by atoms with Crippen molar-refractivity contribution >= 4 is 20.9 Å². The lowest BCUT2D eigenvalue weighted by Gasteiger charge is -2.07. The van der Waals surface area contributed by atoms with Crippen LogP contribution >= 0.6 is 0 Å². The maximum atomic E-state index is 12.0. The first kappa shape index (κ1) is 21.8. The summed E-state index contributed by atoms with van der Waals surface area (Å²) in [5.74, 6) is 0.0820. The lowest BCUT2D eigenvalue weighted by molar-refractivity contribution is -0.734. The number of hydrogen-bond acceptors (Lipinski definition) is 6. The number of aromatic nitrogens is 5. The lowest BCUT2D eigenvalue weighted by Crippen LogP contribution is -2.44. The van der Waals surface area contributed by atoms with Gasteiger partial charge in [-0.25, -0.2) is 0 Å². The topological polar surface area (TPSA) is 122 Å². The maximum Gasteiger partial charge on any atom is 0.341 e. The molecule has 2 aromatic heterocycles. The molecule has 5 aromatic rings. The van der Waals surface area contributed by atoms with Gasteiger partial charge in [0.25, 0.3) is 10.1 Å². The standard InChI is InChI=1S/C24H19N5O4S/c1-16-9-10-21(18(13-16)15-30)28-26-24(19-6-2-3-8-23(19)34(31,32)33)27-29(28)22-7-4-5-17-11-12-25-14-20(17)22/h2-14,30H,15H2,1H3/p+1. The minimum Gasteiger partial charge on any atom is -0.392 e. The highest BCUT2D eigenvalue weighted by Gasteiger charge is 2.29. The average molecular weight is 475 g/mol. The smallest absolute Gasteiger partial charge is 0.341 e.